The first-order valence-electron chi connectivity index (χ1n) is 4.91. The molecule has 6 heteroatoms. The van der Waals surface area contributed by atoms with E-state index in [4.69, 9.17) is 5.26 Å². The topological polar surface area (TPSA) is 33.0 Å². The van der Waals surface area contributed by atoms with Crippen molar-refractivity contribution in [2.45, 2.75) is 12.3 Å². The van der Waals surface area contributed by atoms with Crippen molar-refractivity contribution in [1.29, 1.82) is 5.26 Å². The van der Waals surface area contributed by atoms with Crippen molar-refractivity contribution >= 4 is 6.08 Å². The Morgan fingerprint density at radius 2 is 1.89 bits per heavy atom. The Hall–Kier alpha value is -2.03. The zero-order chi connectivity index (χ0) is 13.6. The van der Waals surface area contributed by atoms with Crippen molar-refractivity contribution in [3.8, 4) is 11.8 Å². The molecule has 0 aliphatic carbocycles. The van der Waals surface area contributed by atoms with Crippen LogP contribution in [0.25, 0.3) is 6.08 Å². The summed E-state index contributed by atoms with van der Waals surface area (Å²) < 4.78 is 53.4. The van der Waals surface area contributed by atoms with Gasteiger partial charge < -0.3 is 4.74 Å². The lowest BCUT2D eigenvalue weighted by atomic mass is 10.2. The van der Waals surface area contributed by atoms with Crippen LogP contribution in [0.1, 0.15) is 5.56 Å². The average Bonchev–Trinajstić information content (AvgIpc) is 2.35. The van der Waals surface area contributed by atoms with Crippen molar-refractivity contribution in [1.82, 2.24) is 0 Å². The predicted octanol–water partition coefficient (Wildman–Crippen LogP) is 3.50. The van der Waals surface area contributed by atoms with Gasteiger partial charge in [-0.3, -0.25) is 0 Å². The third-order valence-corrected chi connectivity index (χ3v) is 1.98. The third kappa shape index (κ3) is 4.09. The summed E-state index contributed by atoms with van der Waals surface area (Å²) in [6, 6.07) is 7.55. The first kappa shape index (κ1) is 14.0. The Kier molecular flexibility index (Phi) is 4.72. The van der Waals surface area contributed by atoms with Crippen LogP contribution in [-0.2, 0) is 0 Å². The molecule has 0 saturated heterocycles. The summed E-state index contributed by atoms with van der Waals surface area (Å²) in [5, 5.41) is 8.29. The second-order valence-corrected chi connectivity index (χ2v) is 3.38. The zero-order valence-electron chi connectivity index (χ0n) is 9.12. The number of alkyl halides is 4. The van der Waals surface area contributed by atoms with Gasteiger partial charge in [-0.1, -0.05) is 12.1 Å². The van der Waals surface area contributed by atoms with Gasteiger partial charge in [0.15, 0.2) is 6.61 Å². The number of halogens is 4. The molecule has 0 N–H and O–H groups in total. The van der Waals surface area contributed by atoms with E-state index in [1.165, 1.54) is 36.4 Å². The molecule has 1 aromatic carbocycles. The van der Waals surface area contributed by atoms with Gasteiger partial charge in [-0.05, 0) is 23.8 Å². The standard InChI is InChI=1S/C12H9F4NO/c13-11(14)12(15,16)8-18-10-5-3-9(4-6-10)2-1-7-17/h1-6,11H,8H2/b2-1+. The fourth-order valence-electron chi connectivity index (χ4n) is 1.05. The van der Waals surface area contributed by atoms with Crippen molar-refractivity contribution in [3.63, 3.8) is 0 Å². The van der Waals surface area contributed by atoms with Gasteiger partial charge in [0.1, 0.15) is 5.75 Å². The van der Waals surface area contributed by atoms with Crippen molar-refractivity contribution in [2.75, 3.05) is 6.61 Å². The Morgan fingerprint density at radius 3 is 2.39 bits per heavy atom. The van der Waals surface area contributed by atoms with Crippen LogP contribution in [0, 0.1) is 11.3 Å². The van der Waals surface area contributed by atoms with E-state index in [-0.39, 0.29) is 5.75 Å². The maximum Gasteiger partial charge on any atom is 0.340 e. The van der Waals surface area contributed by atoms with Crippen LogP contribution >= 0.6 is 0 Å². The van der Waals surface area contributed by atoms with E-state index in [1.807, 2.05) is 0 Å². The molecule has 0 spiro atoms. The van der Waals surface area contributed by atoms with E-state index >= 15 is 0 Å². The van der Waals surface area contributed by atoms with E-state index in [2.05, 4.69) is 4.74 Å². The van der Waals surface area contributed by atoms with Crippen molar-refractivity contribution < 1.29 is 22.3 Å². The Morgan fingerprint density at radius 1 is 1.28 bits per heavy atom. The number of benzene rings is 1. The second kappa shape index (κ2) is 6.05. The highest BCUT2D eigenvalue weighted by molar-refractivity contribution is 5.52. The van der Waals surface area contributed by atoms with E-state index < -0.39 is 19.0 Å². The van der Waals surface area contributed by atoms with Gasteiger partial charge in [0.25, 0.3) is 0 Å². The van der Waals surface area contributed by atoms with Crippen LogP contribution in [-0.4, -0.2) is 19.0 Å². The Balaban J connectivity index is 2.60. The number of rotatable bonds is 5. The molecule has 1 rings (SSSR count). The third-order valence-electron chi connectivity index (χ3n) is 1.98. The minimum Gasteiger partial charge on any atom is -0.487 e. The van der Waals surface area contributed by atoms with Crippen LogP contribution < -0.4 is 4.74 Å². The Bertz CT molecular complexity index is 448. The van der Waals surface area contributed by atoms with Gasteiger partial charge in [-0.25, -0.2) is 8.78 Å². The monoisotopic (exact) mass is 259 g/mol. The summed E-state index contributed by atoms with van der Waals surface area (Å²) in [4.78, 5) is 0. The summed E-state index contributed by atoms with van der Waals surface area (Å²) in [6.07, 6.45) is -0.992. The molecule has 0 heterocycles. The van der Waals surface area contributed by atoms with Crippen LogP contribution in [0.3, 0.4) is 0 Å². The lowest BCUT2D eigenvalue weighted by Crippen LogP contribution is -2.33. The van der Waals surface area contributed by atoms with Crippen LogP contribution in [0.15, 0.2) is 30.3 Å². The summed E-state index contributed by atoms with van der Waals surface area (Å²) >= 11 is 0. The number of hydrogen-bond acceptors (Lipinski definition) is 2. The van der Waals surface area contributed by atoms with Gasteiger partial charge in [-0.2, -0.15) is 14.0 Å². The molecule has 18 heavy (non-hydrogen) atoms. The SMILES string of the molecule is N#C/C=C/c1ccc(OCC(F)(F)C(F)F)cc1. The first-order chi connectivity index (χ1) is 8.45. The van der Waals surface area contributed by atoms with Gasteiger partial charge in [0.05, 0.1) is 6.07 Å². The maximum atomic E-state index is 12.6. The van der Waals surface area contributed by atoms with Crippen LogP contribution in [0.2, 0.25) is 0 Å². The molecule has 2 nitrogen and oxygen atoms in total. The van der Waals surface area contributed by atoms with Gasteiger partial charge in [0.2, 0.25) is 0 Å². The highest BCUT2D eigenvalue weighted by atomic mass is 19.3. The molecule has 0 unspecified atom stereocenters. The summed E-state index contributed by atoms with van der Waals surface area (Å²) in [7, 11) is 0. The summed E-state index contributed by atoms with van der Waals surface area (Å²) in [6.45, 7) is -1.38. The van der Waals surface area contributed by atoms with E-state index in [9.17, 15) is 17.6 Å². The molecule has 0 aliphatic heterocycles. The number of allylic oxidation sites excluding steroid dienone is 1. The lowest BCUT2D eigenvalue weighted by molar-refractivity contribution is -0.148. The quantitative estimate of drug-likeness (QED) is 0.599. The molecule has 96 valence electrons. The minimum atomic E-state index is -4.17. The lowest BCUT2D eigenvalue weighted by Gasteiger charge is -2.15. The van der Waals surface area contributed by atoms with Crippen LogP contribution in [0.5, 0.6) is 5.75 Å². The molecular weight excluding hydrogens is 250 g/mol. The Labute approximate surface area is 101 Å². The molecule has 0 atom stereocenters. The van der Waals surface area contributed by atoms with Gasteiger partial charge >= 0.3 is 12.3 Å². The zero-order valence-corrected chi connectivity index (χ0v) is 9.12. The number of nitriles is 1. The van der Waals surface area contributed by atoms with E-state index in [1.54, 1.807) is 6.07 Å². The highest BCUT2D eigenvalue weighted by Gasteiger charge is 2.41. The largest absolute Gasteiger partial charge is 0.487 e. The normalized spacial score (nSPS) is 11.8. The fourth-order valence-corrected chi connectivity index (χ4v) is 1.05. The summed E-state index contributed by atoms with van der Waals surface area (Å²) in [5.41, 5.74) is 0.671. The van der Waals surface area contributed by atoms with Crippen molar-refractivity contribution in [2.24, 2.45) is 0 Å². The smallest absolute Gasteiger partial charge is 0.340 e. The van der Waals surface area contributed by atoms with Gasteiger partial charge in [0, 0.05) is 6.08 Å². The van der Waals surface area contributed by atoms with Crippen molar-refractivity contribution in [3.05, 3.63) is 35.9 Å². The predicted molar refractivity (Wildman–Crippen MR) is 57.5 cm³/mol. The van der Waals surface area contributed by atoms with E-state index in [0.717, 1.165) is 0 Å². The molecule has 0 bridgehead atoms. The molecule has 1 aromatic rings. The number of nitrogens with zero attached hydrogens (tertiary/aromatic N) is 1. The maximum absolute atomic E-state index is 12.6. The number of hydrogen-bond donors (Lipinski definition) is 0. The fraction of sp³-hybridized carbons (Fsp3) is 0.250. The molecule has 0 fully saturated rings. The van der Waals surface area contributed by atoms with Gasteiger partial charge in [-0.15, -0.1) is 0 Å². The molecule has 0 aliphatic rings. The van der Waals surface area contributed by atoms with E-state index in [0.29, 0.717) is 5.56 Å². The first-order valence-corrected chi connectivity index (χ1v) is 4.91. The average molecular weight is 259 g/mol. The number of ether oxygens (including phenoxy) is 1. The molecule has 0 aromatic heterocycles. The second-order valence-electron chi connectivity index (χ2n) is 3.38. The highest BCUT2D eigenvalue weighted by Crippen LogP contribution is 2.24. The molecule has 0 saturated carbocycles. The molecule has 0 amide bonds. The molecule has 0 radical (unpaired) electrons. The van der Waals surface area contributed by atoms with Crippen LogP contribution in [0.4, 0.5) is 17.6 Å². The molecular formula is C12H9F4NO. The summed E-state index contributed by atoms with van der Waals surface area (Å²) in [5.74, 6) is -4.11. The minimum absolute atomic E-state index is 0.0597.